The lowest BCUT2D eigenvalue weighted by Crippen LogP contribution is -2.03. The maximum absolute atomic E-state index is 10.1. The molecule has 0 aliphatic heterocycles. The topological polar surface area (TPSA) is 124 Å². The molecule has 5 heterocycles. The quantitative estimate of drug-likeness (QED) is 0.133. The van der Waals surface area contributed by atoms with Crippen molar-refractivity contribution in [1.82, 2.24) is 44.0 Å². The van der Waals surface area contributed by atoms with Gasteiger partial charge in [0.1, 0.15) is 0 Å². The van der Waals surface area contributed by atoms with Crippen LogP contribution in [0.5, 0.6) is 0 Å². The number of nitriles is 1. The third-order valence-corrected chi connectivity index (χ3v) is 15.2. The van der Waals surface area contributed by atoms with Crippen molar-refractivity contribution in [2.24, 2.45) is 0 Å². The Morgan fingerprint density at radius 3 is 1.15 bits per heavy atom. The van der Waals surface area contributed by atoms with Crippen molar-refractivity contribution in [1.29, 1.82) is 5.26 Å². The van der Waals surface area contributed by atoms with Crippen LogP contribution in [-0.2, 0) is 0 Å². The van der Waals surface area contributed by atoms with Gasteiger partial charge in [-0.15, -0.1) is 0 Å². The van der Waals surface area contributed by atoms with Gasteiger partial charge in [-0.25, -0.2) is 29.9 Å². The first-order valence-electron chi connectivity index (χ1n) is 27.0. The lowest BCUT2D eigenvalue weighted by molar-refractivity contribution is 1.07. The van der Waals surface area contributed by atoms with Gasteiger partial charge < -0.3 is 9.13 Å². The van der Waals surface area contributed by atoms with Crippen LogP contribution in [-0.4, -0.2) is 44.0 Å². The molecule has 15 rings (SSSR count). The van der Waals surface area contributed by atoms with Crippen LogP contribution in [0.1, 0.15) is 5.56 Å². The van der Waals surface area contributed by atoms with E-state index in [4.69, 9.17) is 34.9 Å². The SMILES string of the molecule is N#Cc1cccc(-c2ccc(-c3cnccc3-n3c4ccccc4c4cc(-c5nc(-c6ccccc6)nc(-c6ccccc6)n5)ccc43)c(-n3c4ccccc4c4cc(-c5nc(-c6ccccc6)nc(-c6ccccc6)n5)ccc43)c2)c1. The van der Waals surface area contributed by atoms with Crippen molar-refractivity contribution in [2.45, 2.75) is 0 Å². The van der Waals surface area contributed by atoms with E-state index in [-0.39, 0.29) is 0 Å². The minimum Gasteiger partial charge on any atom is -0.309 e. The number of aromatic nitrogens is 9. The summed E-state index contributed by atoms with van der Waals surface area (Å²) < 4.78 is 4.70. The summed E-state index contributed by atoms with van der Waals surface area (Å²) in [6.07, 6.45) is 3.84. The molecule has 0 amide bonds. The van der Waals surface area contributed by atoms with Gasteiger partial charge in [0.15, 0.2) is 34.9 Å². The highest BCUT2D eigenvalue weighted by molar-refractivity contribution is 6.13. The molecule has 5 aromatic heterocycles. The minimum absolute atomic E-state index is 0.576. The van der Waals surface area contributed by atoms with E-state index in [2.05, 4.69) is 130 Å². The van der Waals surface area contributed by atoms with Crippen LogP contribution in [0, 0.1) is 11.3 Å². The zero-order valence-corrected chi connectivity index (χ0v) is 43.9. The smallest absolute Gasteiger partial charge is 0.164 e. The van der Waals surface area contributed by atoms with Crippen LogP contribution in [0.2, 0.25) is 0 Å². The van der Waals surface area contributed by atoms with E-state index < -0.39 is 0 Å². The average Bonchev–Trinajstić information content (AvgIpc) is 4.23. The van der Waals surface area contributed by atoms with E-state index in [0.29, 0.717) is 40.5 Å². The fourth-order valence-electron chi connectivity index (χ4n) is 11.3. The van der Waals surface area contributed by atoms with Crippen molar-refractivity contribution < 1.29 is 0 Å². The fourth-order valence-corrected chi connectivity index (χ4v) is 11.3. The summed E-state index contributed by atoms with van der Waals surface area (Å²) in [5, 5.41) is 14.3. The molecule has 0 saturated carbocycles. The molecule has 0 unspecified atom stereocenters. The molecule has 0 aliphatic carbocycles. The molecular weight excluding hydrogens is 1000 g/mol. The summed E-state index contributed by atoms with van der Waals surface area (Å²) in [5.74, 6) is 3.57. The molecule has 0 bridgehead atoms. The highest BCUT2D eigenvalue weighted by atomic mass is 15.1. The number of nitrogens with zero attached hydrogens (tertiary/aromatic N) is 10. The molecule has 0 radical (unpaired) electrons. The molecule has 10 nitrogen and oxygen atoms in total. The van der Waals surface area contributed by atoms with Crippen LogP contribution < -0.4 is 0 Å². The monoisotopic (exact) mass is 1050 g/mol. The van der Waals surface area contributed by atoms with Crippen LogP contribution in [0.3, 0.4) is 0 Å². The van der Waals surface area contributed by atoms with Gasteiger partial charge in [-0.3, -0.25) is 4.98 Å². The standard InChI is InChI=1S/C72H44N10/c73-44-46-18-17-27-51(40-46)52-32-35-57(66(43-52)82-62-31-16-14-29-56(62)59-42-54(34-37-64(59)82)72-79-69(49-23-9-3-10-24-49)76-70(80-72)50-25-11-4-12-26-50)60-45-74-39-38-65(60)81-61-30-15-13-28-55(61)58-41-53(33-36-63(58)81)71-77-67(47-19-5-1-6-20-47)75-68(78-71)48-21-7-2-8-22-48/h1-43,45H. The Labute approximate surface area is 471 Å². The van der Waals surface area contributed by atoms with E-state index in [9.17, 15) is 5.26 Å². The average molecular weight is 1050 g/mol. The number of fused-ring (bicyclic) bond motifs is 6. The van der Waals surface area contributed by atoms with Crippen LogP contribution >= 0.6 is 0 Å². The molecular formula is C72H44N10. The van der Waals surface area contributed by atoms with Crippen LogP contribution in [0.4, 0.5) is 0 Å². The Balaban J connectivity index is 0.926. The van der Waals surface area contributed by atoms with E-state index in [1.54, 1.807) is 0 Å². The highest BCUT2D eigenvalue weighted by Crippen LogP contribution is 2.43. The van der Waals surface area contributed by atoms with Crippen molar-refractivity contribution >= 4 is 43.6 Å². The van der Waals surface area contributed by atoms with E-state index in [1.165, 1.54) is 0 Å². The maximum atomic E-state index is 10.1. The zero-order chi connectivity index (χ0) is 54.5. The van der Waals surface area contributed by atoms with Crippen molar-refractivity contribution in [3.8, 4) is 108 Å². The zero-order valence-electron chi connectivity index (χ0n) is 43.9. The number of hydrogen-bond donors (Lipinski definition) is 0. The molecule has 82 heavy (non-hydrogen) atoms. The lowest BCUT2D eigenvalue weighted by atomic mass is 9.96. The van der Waals surface area contributed by atoms with Gasteiger partial charge in [0.25, 0.3) is 0 Å². The van der Waals surface area contributed by atoms with Crippen molar-refractivity contribution in [3.05, 3.63) is 273 Å². The number of pyridine rings is 1. The van der Waals surface area contributed by atoms with Crippen molar-refractivity contribution in [2.75, 3.05) is 0 Å². The summed E-state index contributed by atoms with van der Waals surface area (Å²) in [5.41, 5.74) is 15.7. The Morgan fingerprint density at radius 2 is 0.671 bits per heavy atom. The molecule has 0 saturated heterocycles. The predicted molar refractivity (Wildman–Crippen MR) is 328 cm³/mol. The third-order valence-electron chi connectivity index (χ3n) is 15.2. The number of para-hydroxylation sites is 2. The second kappa shape index (κ2) is 20.0. The third kappa shape index (κ3) is 8.41. The van der Waals surface area contributed by atoms with Gasteiger partial charge in [-0.05, 0) is 83.9 Å². The van der Waals surface area contributed by atoms with Gasteiger partial charge in [0.05, 0.1) is 45.1 Å². The summed E-state index contributed by atoms with van der Waals surface area (Å²) in [6.45, 7) is 0. The number of hydrogen-bond acceptors (Lipinski definition) is 8. The van der Waals surface area contributed by atoms with Gasteiger partial charge in [-0.1, -0.05) is 182 Å². The Hall–Kier alpha value is -11.5. The summed E-state index contributed by atoms with van der Waals surface area (Å²) >= 11 is 0. The minimum atomic E-state index is 0.576. The Kier molecular flexibility index (Phi) is 11.6. The number of rotatable bonds is 10. The molecule has 382 valence electrons. The number of benzene rings is 10. The normalized spacial score (nSPS) is 11.4. The van der Waals surface area contributed by atoms with Gasteiger partial charge in [0, 0.05) is 78.4 Å². The molecule has 0 atom stereocenters. The first-order valence-corrected chi connectivity index (χ1v) is 27.0. The summed E-state index contributed by atoms with van der Waals surface area (Å²) in [7, 11) is 0. The van der Waals surface area contributed by atoms with E-state index in [0.717, 1.165) is 111 Å². The fraction of sp³-hybridized carbons (Fsp3) is 0. The largest absolute Gasteiger partial charge is 0.309 e. The second-order valence-corrected chi connectivity index (χ2v) is 20.1. The molecule has 15 aromatic rings. The molecule has 0 aliphatic rings. The Bertz CT molecular complexity index is 4870. The molecule has 10 heteroatoms. The molecule has 10 aromatic carbocycles. The Morgan fingerprint density at radius 1 is 0.280 bits per heavy atom. The lowest BCUT2D eigenvalue weighted by Gasteiger charge is -2.19. The van der Waals surface area contributed by atoms with Gasteiger partial charge >= 0.3 is 0 Å². The first kappa shape index (κ1) is 47.7. The summed E-state index contributed by atoms with van der Waals surface area (Å²) in [4.78, 5) is 35.3. The van der Waals surface area contributed by atoms with Gasteiger partial charge in [0.2, 0.25) is 0 Å². The second-order valence-electron chi connectivity index (χ2n) is 20.1. The summed E-state index contributed by atoms with van der Waals surface area (Å²) in [6, 6.07) is 89.1. The molecule has 0 N–H and O–H groups in total. The van der Waals surface area contributed by atoms with E-state index >= 15 is 0 Å². The van der Waals surface area contributed by atoms with Crippen molar-refractivity contribution in [3.63, 3.8) is 0 Å². The van der Waals surface area contributed by atoms with Crippen LogP contribution in [0.15, 0.2) is 267 Å². The first-order chi connectivity index (χ1) is 40.6. The van der Waals surface area contributed by atoms with E-state index in [1.807, 2.05) is 152 Å². The molecule has 0 spiro atoms. The van der Waals surface area contributed by atoms with Gasteiger partial charge in [-0.2, -0.15) is 5.26 Å². The molecule has 0 fully saturated rings. The van der Waals surface area contributed by atoms with Crippen LogP contribution in [0.25, 0.3) is 146 Å². The predicted octanol–water partition coefficient (Wildman–Crippen LogP) is 16.9. The highest BCUT2D eigenvalue weighted by Gasteiger charge is 2.24. The maximum Gasteiger partial charge on any atom is 0.164 e.